The predicted octanol–water partition coefficient (Wildman–Crippen LogP) is -0.133. The third-order valence-electron chi connectivity index (χ3n) is 2.78. The number of ether oxygens (including phenoxy) is 1. The molecule has 0 saturated heterocycles. The summed E-state index contributed by atoms with van der Waals surface area (Å²) in [4.78, 5) is 24.2. The van der Waals surface area contributed by atoms with Crippen LogP contribution in [0.2, 0.25) is 0 Å². The van der Waals surface area contributed by atoms with Gasteiger partial charge in [-0.2, -0.15) is 0 Å². The maximum absolute atomic E-state index is 12.2. The lowest BCUT2D eigenvalue weighted by Crippen LogP contribution is -2.43. The second-order valence-corrected chi connectivity index (χ2v) is 4.89. The molecule has 0 spiro atoms. The monoisotopic (exact) mass is 270 g/mol. The molecule has 0 aliphatic rings. The number of nitrogens with zero attached hydrogens (tertiary/aromatic N) is 2. The molecule has 1 aromatic heterocycles. The Morgan fingerprint density at radius 1 is 1.21 bits per heavy atom. The van der Waals surface area contributed by atoms with Crippen molar-refractivity contribution in [2.24, 2.45) is 5.92 Å². The van der Waals surface area contributed by atoms with Crippen LogP contribution >= 0.6 is 0 Å². The molecule has 0 aliphatic heterocycles. The van der Waals surface area contributed by atoms with E-state index in [1.165, 1.54) is 4.57 Å². The van der Waals surface area contributed by atoms with Crippen molar-refractivity contribution in [2.45, 2.75) is 33.4 Å². The van der Waals surface area contributed by atoms with Gasteiger partial charge in [0.05, 0.1) is 0 Å². The van der Waals surface area contributed by atoms with Crippen LogP contribution < -0.4 is 22.7 Å². The molecule has 0 aliphatic carbocycles. The van der Waals surface area contributed by atoms with Crippen LogP contribution in [0.15, 0.2) is 9.59 Å². The van der Waals surface area contributed by atoms with Crippen molar-refractivity contribution in [3.8, 4) is 0 Å². The molecule has 1 heterocycles. The third-order valence-corrected chi connectivity index (χ3v) is 2.78. The minimum Gasteiger partial charge on any atom is -0.391 e. The first-order chi connectivity index (χ1) is 8.90. The van der Waals surface area contributed by atoms with Crippen LogP contribution in [-0.4, -0.2) is 22.9 Å². The Labute approximate surface area is 111 Å². The van der Waals surface area contributed by atoms with Gasteiger partial charge in [0.1, 0.15) is 11.5 Å². The molecule has 7 nitrogen and oxygen atoms in total. The zero-order valence-corrected chi connectivity index (χ0v) is 11.7. The normalized spacial score (nSPS) is 11.2. The Morgan fingerprint density at radius 2 is 1.84 bits per heavy atom. The van der Waals surface area contributed by atoms with E-state index in [4.69, 9.17) is 16.2 Å². The molecule has 0 unspecified atom stereocenters. The molecular formula is C12H22N4O3. The zero-order chi connectivity index (χ0) is 14.6. The first kappa shape index (κ1) is 15.3. The molecule has 0 radical (unpaired) electrons. The van der Waals surface area contributed by atoms with E-state index >= 15 is 0 Å². The van der Waals surface area contributed by atoms with Gasteiger partial charge in [-0.05, 0) is 12.3 Å². The third kappa shape index (κ3) is 3.37. The molecule has 0 fully saturated rings. The summed E-state index contributed by atoms with van der Waals surface area (Å²) >= 11 is 0. The number of anilines is 2. The number of methoxy groups -OCH3 is 1. The lowest BCUT2D eigenvalue weighted by molar-refractivity contribution is 0.189. The maximum Gasteiger partial charge on any atom is 0.332 e. The summed E-state index contributed by atoms with van der Waals surface area (Å²) in [6.45, 7) is 5.06. The van der Waals surface area contributed by atoms with Crippen molar-refractivity contribution in [3.05, 3.63) is 20.8 Å². The van der Waals surface area contributed by atoms with Gasteiger partial charge >= 0.3 is 5.69 Å². The number of aromatic nitrogens is 2. The summed E-state index contributed by atoms with van der Waals surface area (Å²) in [5.74, 6) is 0.201. The van der Waals surface area contributed by atoms with Crippen LogP contribution in [0.4, 0.5) is 11.5 Å². The molecule has 19 heavy (non-hydrogen) atoms. The molecule has 0 saturated carbocycles. The molecule has 0 aromatic carbocycles. The van der Waals surface area contributed by atoms with E-state index in [1.807, 2.05) is 13.8 Å². The molecule has 1 aromatic rings. The summed E-state index contributed by atoms with van der Waals surface area (Å²) in [6, 6.07) is 0. The smallest absolute Gasteiger partial charge is 0.332 e. The molecule has 0 amide bonds. The molecule has 7 heteroatoms. The minimum atomic E-state index is -0.515. The Morgan fingerprint density at radius 3 is 2.37 bits per heavy atom. The quantitative estimate of drug-likeness (QED) is 0.700. The molecule has 108 valence electrons. The van der Waals surface area contributed by atoms with E-state index < -0.39 is 11.2 Å². The van der Waals surface area contributed by atoms with E-state index in [1.54, 1.807) is 7.11 Å². The molecule has 0 atom stereocenters. The fraction of sp³-hybridized carbons (Fsp3) is 0.667. The van der Waals surface area contributed by atoms with Crippen LogP contribution in [0.3, 0.4) is 0 Å². The summed E-state index contributed by atoms with van der Waals surface area (Å²) < 4.78 is 7.41. The summed E-state index contributed by atoms with van der Waals surface area (Å²) in [5.41, 5.74) is 10.4. The molecule has 1 rings (SSSR count). The van der Waals surface area contributed by atoms with Gasteiger partial charge in [-0.1, -0.05) is 13.8 Å². The standard InChI is InChI=1S/C12H22N4O3/c1-8(2)7-16-11(17)9(13)10(14)15(12(16)18)5-4-6-19-3/h8H,4-7,13-14H2,1-3H3. The molecular weight excluding hydrogens is 248 g/mol. The lowest BCUT2D eigenvalue weighted by atomic mass is 10.2. The van der Waals surface area contributed by atoms with Crippen molar-refractivity contribution in [2.75, 3.05) is 25.2 Å². The first-order valence-corrected chi connectivity index (χ1v) is 6.27. The topological polar surface area (TPSA) is 105 Å². The highest BCUT2D eigenvalue weighted by atomic mass is 16.5. The zero-order valence-electron chi connectivity index (χ0n) is 11.7. The van der Waals surface area contributed by atoms with Crippen molar-refractivity contribution in [1.29, 1.82) is 0 Å². The van der Waals surface area contributed by atoms with Crippen LogP contribution in [-0.2, 0) is 17.8 Å². The highest BCUT2D eigenvalue weighted by molar-refractivity contribution is 5.56. The van der Waals surface area contributed by atoms with Gasteiger partial charge in [0.15, 0.2) is 0 Å². The number of rotatable bonds is 6. The second-order valence-electron chi connectivity index (χ2n) is 4.89. The molecule has 0 bridgehead atoms. The Bertz CT molecular complexity index is 545. The number of hydrogen-bond acceptors (Lipinski definition) is 5. The average molecular weight is 270 g/mol. The van der Waals surface area contributed by atoms with Gasteiger partial charge in [-0.15, -0.1) is 0 Å². The van der Waals surface area contributed by atoms with E-state index in [0.29, 0.717) is 26.1 Å². The van der Waals surface area contributed by atoms with E-state index in [-0.39, 0.29) is 17.4 Å². The lowest BCUT2D eigenvalue weighted by Gasteiger charge is -2.15. The number of hydrogen-bond donors (Lipinski definition) is 2. The van der Waals surface area contributed by atoms with Gasteiger partial charge < -0.3 is 16.2 Å². The Balaban J connectivity index is 3.27. The highest BCUT2D eigenvalue weighted by Crippen LogP contribution is 2.07. The Hall–Kier alpha value is -1.76. The van der Waals surface area contributed by atoms with E-state index in [0.717, 1.165) is 4.57 Å². The van der Waals surface area contributed by atoms with Crippen LogP contribution in [0.5, 0.6) is 0 Å². The minimum absolute atomic E-state index is 0.0334. The SMILES string of the molecule is COCCCn1c(N)c(N)c(=O)n(CC(C)C)c1=O. The van der Waals surface area contributed by atoms with Crippen molar-refractivity contribution < 1.29 is 4.74 Å². The van der Waals surface area contributed by atoms with Crippen LogP contribution in [0, 0.1) is 5.92 Å². The fourth-order valence-electron chi connectivity index (χ4n) is 1.85. The van der Waals surface area contributed by atoms with Crippen LogP contribution in [0.25, 0.3) is 0 Å². The highest BCUT2D eigenvalue weighted by Gasteiger charge is 2.15. The number of nitrogen functional groups attached to an aromatic ring is 2. The molecule has 4 N–H and O–H groups in total. The van der Waals surface area contributed by atoms with Gasteiger partial charge in [-0.25, -0.2) is 4.79 Å². The summed E-state index contributed by atoms with van der Waals surface area (Å²) in [5, 5.41) is 0. The van der Waals surface area contributed by atoms with Gasteiger partial charge in [0.25, 0.3) is 5.56 Å². The largest absolute Gasteiger partial charge is 0.391 e. The number of nitrogens with two attached hydrogens (primary N) is 2. The first-order valence-electron chi connectivity index (χ1n) is 6.27. The predicted molar refractivity (Wildman–Crippen MR) is 75.1 cm³/mol. The van der Waals surface area contributed by atoms with Crippen molar-refractivity contribution >= 4 is 11.5 Å². The summed E-state index contributed by atoms with van der Waals surface area (Å²) in [7, 11) is 1.58. The van der Waals surface area contributed by atoms with Gasteiger partial charge in [0.2, 0.25) is 0 Å². The maximum atomic E-state index is 12.2. The van der Waals surface area contributed by atoms with Crippen molar-refractivity contribution in [1.82, 2.24) is 9.13 Å². The van der Waals surface area contributed by atoms with E-state index in [9.17, 15) is 9.59 Å². The Kier molecular flexibility index (Phi) is 5.17. The van der Waals surface area contributed by atoms with Crippen LogP contribution in [0.1, 0.15) is 20.3 Å². The average Bonchev–Trinajstić information content (AvgIpc) is 2.36. The van der Waals surface area contributed by atoms with Gasteiger partial charge in [0, 0.05) is 26.8 Å². The summed E-state index contributed by atoms with van der Waals surface area (Å²) in [6.07, 6.45) is 0.625. The van der Waals surface area contributed by atoms with E-state index in [2.05, 4.69) is 0 Å². The fourth-order valence-corrected chi connectivity index (χ4v) is 1.85. The van der Waals surface area contributed by atoms with Crippen molar-refractivity contribution in [3.63, 3.8) is 0 Å². The van der Waals surface area contributed by atoms with Gasteiger partial charge in [-0.3, -0.25) is 13.9 Å². The second kappa shape index (κ2) is 6.42.